The standard InChI is InChI=1S/C19H17FN2O3S/c20-15-9-5-4-6-13(15)11-21-17(23)12-26-16-10-18(24)22(19(16)25)14-7-2-1-3-8-14/h1-9,16H,10-12H2,(H,21,23)/t16-/m0/s1. The fourth-order valence-electron chi connectivity index (χ4n) is 2.65. The Morgan fingerprint density at radius 2 is 1.81 bits per heavy atom. The normalized spacial score (nSPS) is 16.8. The second-order valence-electron chi connectivity index (χ2n) is 5.77. The van der Waals surface area contributed by atoms with Gasteiger partial charge < -0.3 is 5.32 Å². The van der Waals surface area contributed by atoms with E-state index < -0.39 is 5.25 Å². The molecule has 2 aromatic carbocycles. The van der Waals surface area contributed by atoms with Crippen molar-refractivity contribution in [1.29, 1.82) is 0 Å². The maximum atomic E-state index is 13.5. The molecule has 0 unspecified atom stereocenters. The van der Waals surface area contributed by atoms with Crippen LogP contribution in [0.5, 0.6) is 0 Å². The summed E-state index contributed by atoms with van der Waals surface area (Å²) < 4.78 is 13.5. The molecule has 0 radical (unpaired) electrons. The number of anilines is 1. The third kappa shape index (κ3) is 4.11. The third-order valence-electron chi connectivity index (χ3n) is 3.97. The van der Waals surface area contributed by atoms with Gasteiger partial charge in [-0.3, -0.25) is 14.4 Å². The lowest BCUT2D eigenvalue weighted by Gasteiger charge is -2.14. The quantitative estimate of drug-likeness (QED) is 0.792. The van der Waals surface area contributed by atoms with E-state index in [0.29, 0.717) is 11.3 Å². The predicted molar refractivity (Wildman–Crippen MR) is 98.0 cm³/mol. The minimum absolute atomic E-state index is 0.0285. The Morgan fingerprint density at radius 1 is 1.12 bits per heavy atom. The minimum atomic E-state index is -0.582. The van der Waals surface area contributed by atoms with Crippen molar-refractivity contribution in [3.05, 3.63) is 66.0 Å². The molecule has 7 heteroatoms. The molecule has 134 valence electrons. The molecule has 1 fully saturated rings. The average molecular weight is 372 g/mol. The van der Waals surface area contributed by atoms with Crippen LogP contribution < -0.4 is 10.2 Å². The largest absolute Gasteiger partial charge is 0.351 e. The van der Waals surface area contributed by atoms with Crippen molar-refractivity contribution in [2.75, 3.05) is 10.7 Å². The first-order valence-electron chi connectivity index (χ1n) is 8.10. The van der Waals surface area contributed by atoms with Gasteiger partial charge in [-0.1, -0.05) is 36.4 Å². The Kier molecular flexibility index (Phi) is 5.68. The van der Waals surface area contributed by atoms with E-state index in [-0.39, 0.29) is 42.3 Å². The highest BCUT2D eigenvalue weighted by molar-refractivity contribution is 8.01. The number of imide groups is 1. The van der Waals surface area contributed by atoms with Gasteiger partial charge in [-0.2, -0.15) is 0 Å². The fourth-order valence-corrected chi connectivity index (χ4v) is 3.61. The van der Waals surface area contributed by atoms with Crippen molar-refractivity contribution in [3.8, 4) is 0 Å². The van der Waals surface area contributed by atoms with Crippen LogP contribution in [0.4, 0.5) is 10.1 Å². The zero-order valence-electron chi connectivity index (χ0n) is 13.9. The number of benzene rings is 2. The summed E-state index contributed by atoms with van der Waals surface area (Å²) in [5.74, 6) is -1.24. The second kappa shape index (κ2) is 8.14. The maximum absolute atomic E-state index is 13.5. The third-order valence-corrected chi connectivity index (χ3v) is 5.17. The SMILES string of the molecule is O=C(CS[C@H]1CC(=O)N(c2ccccc2)C1=O)NCc1ccccc1F. The highest BCUT2D eigenvalue weighted by Crippen LogP contribution is 2.29. The van der Waals surface area contributed by atoms with Crippen LogP contribution in [0.3, 0.4) is 0 Å². The number of carbonyl (C=O) groups is 3. The van der Waals surface area contributed by atoms with Gasteiger partial charge >= 0.3 is 0 Å². The van der Waals surface area contributed by atoms with Gasteiger partial charge in [-0.15, -0.1) is 11.8 Å². The molecule has 3 amide bonds. The van der Waals surface area contributed by atoms with Gasteiger partial charge in [0.15, 0.2) is 0 Å². The maximum Gasteiger partial charge on any atom is 0.247 e. The van der Waals surface area contributed by atoms with E-state index in [0.717, 1.165) is 16.7 Å². The van der Waals surface area contributed by atoms with Crippen molar-refractivity contribution >= 4 is 35.2 Å². The molecule has 1 N–H and O–H groups in total. The molecule has 26 heavy (non-hydrogen) atoms. The highest BCUT2D eigenvalue weighted by Gasteiger charge is 2.39. The monoisotopic (exact) mass is 372 g/mol. The summed E-state index contributed by atoms with van der Waals surface area (Å²) in [4.78, 5) is 37.7. The predicted octanol–water partition coefficient (Wildman–Crippen LogP) is 2.51. The van der Waals surface area contributed by atoms with Crippen LogP contribution in [0.2, 0.25) is 0 Å². The van der Waals surface area contributed by atoms with Crippen molar-refractivity contribution in [1.82, 2.24) is 5.32 Å². The summed E-state index contributed by atoms with van der Waals surface area (Å²) in [7, 11) is 0. The molecule has 1 atom stereocenters. The number of hydrogen-bond donors (Lipinski definition) is 1. The lowest BCUT2D eigenvalue weighted by molar-refractivity contribution is -0.121. The number of amides is 3. The Hall–Kier alpha value is -2.67. The van der Waals surface area contributed by atoms with Crippen molar-refractivity contribution < 1.29 is 18.8 Å². The van der Waals surface area contributed by atoms with E-state index >= 15 is 0 Å². The number of hydrogen-bond acceptors (Lipinski definition) is 4. The van der Waals surface area contributed by atoms with Gasteiger partial charge in [0.25, 0.3) is 0 Å². The average Bonchev–Trinajstić information content (AvgIpc) is 2.93. The van der Waals surface area contributed by atoms with E-state index in [4.69, 9.17) is 0 Å². The first-order valence-corrected chi connectivity index (χ1v) is 9.14. The Labute approximate surface area is 154 Å². The minimum Gasteiger partial charge on any atom is -0.351 e. The number of rotatable bonds is 6. The zero-order chi connectivity index (χ0) is 18.5. The van der Waals surface area contributed by atoms with E-state index in [9.17, 15) is 18.8 Å². The molecule has 1 heterocycles. The fraction of sp³-hybridized carbons (Fsp3) is 0.211. The lowest BCUT2D eigenvalue weighted by Crippen LogP contribution is -2.32. The molecule has 2 aromatic rings. The molecule has 3 rings (SSSR count). The summed E-state index contributed by atoms with van der Waals surface area (Å²) in [6.45, 7) is 0.0831. The molecule has 1 aliphatic rings. The van der Waals surface area contributed by atoms with Crippen molar-refractivity contribution in [2.24, 2.45) is 0 Å². The first-order chi connectivity index (χ1) is 12.6. The molecule has 5 nitrogen and oxygen atoms in total. The summed E-state index contributed by atoms with van der Waals surface area (Å²) in [6.07, 6.45) is 0.0684. The van der Waals surface area contributed by atoms with Gasteiger partial charge in [-0.05, 0) is 18.2 Å². The summed E-state index contributed by atoms with van der Waals surface area (Å²) in [6, 6.07) is 14.9. The van der Waals surface area contributed by atoms with Crippen LogP contribution in [0.1, 0.15) is 12.0 Å². The van der Waals surface area contributed by atoms with Crippen LogP contribution in [0.25, 0.3) is 0 Å². The highest BCUT2D eigenvalue weighted by atomic mass is 32.2. The number of para-hydroxylation sites is 1. The number of carbonyl (C=O) groups excluding carboxylic acids is 3. The molecule has 0 saturated carbocycles. The van der Waals surface area contributed by atoms with Crippen LogP contribution in [-0.2, 0) is 20.9 Å². The van der Waals surface area contributed by atoms with Gasteiger partial charge in [-0.25, -0.2) is 9.29 Å². The second-order valence-corrected chi connectivity index (χ2v) is 6.97. The molecule has 0 bridgehead atoms. The molecule has 1 saturated heterocycles. The van der Waals surface area contributed by atoms with E-state index in [2.05, 4.69) is 5.32 Å². The topological polar surface area (TPSA) is 66.5 Å². The van der Waals surface area contributed by atoms with E-state index in [1.54, 1.807) is 48.5 Å². The molecule has 1 aliphatic heterocycles. The number of halogens is 1. The molecule has 0 aromatic heterocycles. The Balaban J connectivity index is 1.52. The number of nitrogens with zero attached hydrogens (tertiary/aromatic N) is 1. The van der Waals surface area contributed by atoms with Crippen LogP contribution >= 0.6 is 11.8 Å². The van der Waals surface area contributed by atoms with Gasteiger partial charge in [0.05, 0.1) is 16.7 Å². The first kappa shape index (κ1) is 18.1. The van der Waals surface area contributed by atoms with E-state index in [1.807, 2.05) is 0 Å². The molecular formula is C19H17FN2O3S. The van der Waals surface area contributed by atoms with E-state index in [1.165, 1.54) is 6.07 Å². The van der Waals surface area contributed by atoms with Gasteiger partial charge in [0.2, 0.25) is 17.7 Å². The van der Waals surface area contributed by atoms with Crippen molar-refractivity contribution in [3.63, 3.8) is 0 Å². The number of nitrogens with one attached hydrogen (secondary N) is 1. The van der Waals surface area contributed by atoms with Gasteiger partial charge in [0.1, 0.15) is 5.82 Å². The zero-order valence-corrected chi connectivity index (χ0v) is 14.7. The molecule has 0 spiro atoms. The Bertz CT molecular complexity index is 829. The number of thioether (sulfide) groups is 1. The van der Waals surface area contributed by atoms with Crippen LogP contribution in [-0.4, -0.2) is 28.7 Å². The van der Waals surface area contributed by atoms with Gasteiger partial charge in [0, 0.05) is 18.5 Å². The van der Waals surface area contributed by atoms with Crippen LogP contribution in [0.15, 0.2) is 54.6 Å². The smallest absolute Gasteiger partial charge is 0.247 e. The van der Waals surface area contributed by atoms with Crippen LogP contribution in [0, 0.1) is 5.82 Å². The summed E-state index contributed by atoms with van der Waals surface area (Å²) >= 11 is 1.12. The summed E-state index contributed by atoms with van der Waals surface area (Å²) in [5.41, 5.74) is 0.933. The van der Waals surface area contributed by atoms with Crippen molar-refractivity contribution in [2.45, 2.75) is 18.2 Å². The lowest BCUT2D eigenvalue weighted by atomic mass is 10.2. The Morgan fingerprint density at radius 3 is 2.54 bits per heavy atom. The summed E-state index contributed by atoms with van der Waals surface area (Å²) in [5, 5.41) is 2.04. The molecular weight excluding hydrogens is 355 g/mol. The molecule has 0 aliphatic carbocycles.